The zero-order valence-corrected chi connectivity index (χ0v) is 16.3. The summed E-state index contributed by atoms with van der Waals surface area (Å²) in [4.78, 5) is 16.5. The molecule has 7 heteroatoms. The number of carbonyl (C=O) groups is 1. The van der Waals surface area contributed by atoms with Gasteiger partial charge in [-0.1, -0.05) is 17.7 Å². The van der Waals surface area contributed by atoms with E-state index in [4.69, 9.17) is 0 Å². The van der Waals surface area contributed by atoms with Gasteiger partial charge >= 0.3 is 0 Å². The first-order chi connectivity index (χ1) is 13.5. The van der Waals surface area contributed by atoms with Crippen LogP contribution in [-0.4, -0.2) is 34.2 Å². The number of hydrogen-bond donors (Lipinski definition) is 3. The molecule has 3 N–H and O–H groups in total. The number of hydrogen-bond acceptors (Lipinski definition) is 6. The average molecular weight is 376 g/mol. The number of carbonyl (C=O) groups excluding carboxylic acids is 1. The van der Waals surface area contributed by atoms with E-state index in [-0.39, 0.29) is 5.91 Å². The molecule has 1 amide bonds. The number of rotatable bonds is 7. The number of nitrogens with one attached hydrogen (secondary N) is 3. The number of amides is 1. The molecule has 7 nitrogen and oxygen atoms in total. The smallest absolute Gasteiger partial charge is 0.251 e. The van der Waals surface area contributed by atoms with Gasteiger partial charge in [0.2, 0.25) is 0 Å². The predicted octanol–water partition coefficient (Wildman–Crippen LogP) is 3.38. The van der Waals surface area contributed by atoms with Gasteiger partial charge in [0.15, 0.2) is 5.82 Å². The third-order valence-electron chi connectivity index (χ3n) is 4.18. The maximum atomic E-state index is 12.2. The minimum absolute atomic E-state index is 0.0735. The van der Waals surface area contributed by atoms with Crippen LogP contribution in [0.4, 0.5) is 17.5 Å². The Labute approximate surface area is 164 Å². The van der Waals surface area contributed by atoms with Crippen molar-refractivity contribution < 1.29 is 4.79 Å². The van der Waals surface area contributed by atoms with Crippen molar-refractivity contribution in [3.63, 3.8) is 0 Å². The molecule has 3 rings (SSSR count). The summed E-state index contributed by atoms with van der Waals surface area (Å²) >= 11 is 0. The van der Waals surface area contributed by atoms with Crippen molar-refractivity contribution in [2.45, 2.75) is 20.8 Å². The van der Waals surface area contributed by atoms with Gasteiger partial charge in [-0.3, -0.25) is 4.79 Å². The van der Waals surface area contributed by atoms with E-state index < -0.39 is 0 Å². The molecule has 2 aromatic heterocycles. The number of pyridine rings is 1. The SMILES string of the molecule is Cc1ccnc(Nc2ccc(NCCNC(=O)c3ccc(C)cc3C)nn2)c1. The fourth-order valence-electron chi connectivity index (χ4n) is 2.76. The van der Waals surface area contributed by atoms with Crippen LogP contribution in [0.2, 0.25) is 0 Å². The summed E-state index contributed by atoms with van der Waals surface area (Å²) in [5.74, 6) is 1.91. The van der Waals surface area contributed by atoms with Crippen LogP contribution < -0.4 is 16.0 Å². The van der Waals surface area contributed by atoms with E-state index in [1.54, 1.807) is 6.20 Å². The van der Waals surface area contributed by atoms with E-state index in [2.05, 4.69) is 31.1 Å². The zero-order chi connectivity index (χ0) is 19.9. The average Bonchev–Trinajstić information content (AvgIpc) is 2.66. The van der Waals surface area contributed by atoms with E-state index in [0.717, 1.165) is 22.5 Å². The topological polar surface area (TPSA) is 91.8 Å². The second-order valence-corrected chi connectivity index (χ2v) is 6.65. The molecule has 28 heavy (non-hydrogen) atoms. The maximum Gasteiger partial charge on any atom is 0.251 e. The Morgan fingerprint density at radius 3 is 2.32 bits per heavy atom. The van der Waals surface area contributed by atoms with Crippen molar-refractivity contribution in [1.29, 1.82) is 0 Å². The molecular formula is C21H24N6O. The number of nitrogens with zero attached hydrogens (tertiary/aromatic N) is 3. The van der Waals surface area contributed by atoms with Crippen LogP contribution >= 0.6 is 0 Å². The predicted molar refractivity (Wildman–Crippen MR) is 111 cm³/mol. The molecule has 3 aromatic rings. The highest BCUT2D eigenvalue weighted by Crippen LogP contribution is 2.13. The van der Waals surface area contributed by atoms with Crippen molar-refractivity contribution in [2.24, 2.45) is 0 Å². The second-order valence-electron chi connectivity index (χ2n) is 6.65. The minimum Gasteiger partial charge on any atom is -0.367 e. The van der Waals surface area contributed by atoms with Gasteiger partial charge in [0.25, 0.3) is 5.91 Å². The van der Waals surface area contributed by atoms with Gasteiger partial charge in [-0.2, -0.15) is 0 Å². The lowest BCUT2D eigenvalue weighted by molar-refractivity contribution is 0.0954. The van der Waals surface area contributed by atoms with Crippen LogP contribution in [0.3, 0.4) is 0 Å². The first kappa shape index (κ1) is 19.3. The molecule has 1 aromatic carbocycles. The fraction of sp³-hybridized carbons (Fsp3) is 0.238. The fourth-order valence-corrected chi connectivity index (χ4v) is 2.76. The lowest BCUT2D eigenvalue weighted by atomic mass is 10.1. The largest absolute Gasteiger partial charge is 0.367 e. The molecule has 0 radical (unpaired) electrons. The molecule has 0 aliphatic rings. The highest BCUT2D eigenvalue weighted by atomic mass is 16.1. The van der Waals surface area contributed by atoms with Crippen molar-refractivity contribution in [1.82, 2.24) is 20.5 Å². The number of benzene rings is 1. The van der Waals surface area contributed by atoms with Crippen LogP contribution in [0.15, 0.2) is 48.7 Å². The molecule has 0 bridgehead atoms. The Morgan fingerprint density at radius 2 is 1.61 bits per heavy atom. The standard InChI is InChI=1S/C21H24N6O/c1-14-4-5-17(16(3)12-14)21(28)24-11-10-23-18-6-7-19(27-26-18)25-20-13-15(2)8-9-22-20/h4-9,12-13H,10-11H2,1-3H3,(H,23,26)(H,24,28)(H,22,25,27). The van der Waals surface area contributed by atoms with Crippen molar-refractivity contribution in [2.75, 3.05) is 23.7 Å². The summed E-state index contributed by atoms with van der Waals surface area (Å²) in [5.41, 5.74) is 3.94. The van der Waals surface area contributed by atoms with E-state index >= 15 is 0 Å². The van der Waals surface area contributed by atoms with Crippen LogP contribution in [0.1, 0.15) is 27.0 Å². The summed E-state index contributed by atoms with van der Waals surface area (Å²) in [6, 6.07) is 13.3. The lowest BCUT2D eigenvalue weighted by Gasteiger charge is -2.10. The molecule has 2 heterocycles. The first-order valence-corrected chi connectivity index (χ1v) is 9.14. The van der Waals surface area contributed by atoms with E-state index in [0.29, 0.717) is 30.3 Å². The second kappa shape index (κ2) is 8.94. The van der Waals surface area contributed by atoms with E-state index in [9.17, 15) is 4.79 Å². The molecule has 0 unspecified atom stereocenters. The molecule has 0 saturated carbocycles. The van der Waals surface area contributed by atoms with Crippen molar-refractivity contribution >= 4 is 23.4 Å². The molecule has 0 spiro atoms. The third-order valence-corrected chi connectivity index (χ3v) is 4.18. The molecule has 0 aliphatic carbocycles. The monoisotopic (exact) mass is 376 g/mol. The summed E-state index contributed by atoms with van der Waals surface area (Å²) in [6.07, 6.45) is 1.74. The van der Waals surface area contributed by atoms with Gasteiger partial charge in [-0.25, -0.2) is 4.98 Å². The Kier molecular flexibility index (Phi) is 6.16. The van der Waals surface area contributed by atoms with Gasteiger partial charge in [0, 0.05) is 24.8 Å². The van der Waals surface area contributed by atoms with Crippen LogP contribution in [-0.2, 0) is 0 Å². The van der Waals surface area contributed by atoms with Gasteiger partial charge in [-0.15, -0.1) is 10.2 Å². The number of aromatic nitrogens is 3. The van der Waals surface area contributed by atoms with Gasteiger partial charge in [-0.05, 0) is 62.2 Å². The van der Waals surface area contributed by atoms with Gasteiger partial charge in [0.05, 0.1) is 0 Å². The normalized spacial score (nSPS) is 10.4. The van der Waals surface area contributed by atoms with E-state index in [1.807, 2.05) is 63.2 Å². The number of aryl methyl sites for hydroxylation is 3. The third kappa shape index (κ3) is 5.26. The van der Waals surface area contributed by atoms with Crippen molar-refractivity contribution in [3.05, 3.63) is 70.9 Å². The highest BCUT2D eigenvalue weighted by molar-refractivity contribution is 5.95. The minimum atomic E-state index is -0.0735. The molecule has 0 fully saturated rings. The zero-order valence-electron chi connectivity index (χ0n) is 16.3. The molecular weight excluding hydrogens is 352 g/mol. The van der Waals surface area contributed by atoms with Gasteiger partial charge in [0.1, 0.15) is 11.6 Å². The van der Waals surface area contributed by atoms with Gasteiger partial charge < -0.3 is 16.0 Å². The van der Waals surface area contributed by atoms with Crippen LogP contribution in [0, 0.1) is 20.8 Å². The first-order valence-electron chi connectivity index (χ1n) is 9.14. The Balaban J connectivity index is 1.45. The van der Waals surface area contributed by atoms with Crippen LogP contribution in [0.25, 0.3) is 0 Å². The quantitative estimate of drug-likeness (QED) is 0.548. The summed E-state index contributed by atoms with van der Waals surface area (Å²) in [7, 11) is 0. The molecule has 0 saturated heterocycles. The summed E-state index contributed by atoms with van der Waals surface area (Å²) < 4.78 is 0. The van der Waals surface area contributed by atoms with E-state index in [1.165, 1.54) is 0 Å². The summed E-state index contributed by atoms with van der Waals surface area (Å²) in [5, 5.41) is 17.4. The Hall–Kier alpha value is -3.48. The Morgan fingerprint density at radius 1 is 0.857 bits per heavy atom. The molecule has 0 aliphatic heterocycles. The van der Waals surface area contributed by atoms with Crippen LogP contribution in [0.5, 0.6) is 0 Å². The lowest BCUT2D eigenvalue weighted by Crippen LogP contribution is -2.29. The molecule has 0 atom stereocenters. The molecule has 144 valence electrons. The highest BCUT2D eigenvalue weighted by Gasteiger charge is 2.08. The Bertz CT molecular complexity index is 955. The maximum absolute atomic E-state index is 12.2. The van der Waals surface area contributed by atoms with Crippen molar-refractivity contribution in [3.8, 4) is 0 Å². The number of anilines is 3. The summed E-state index contributed by atoms with van der Waals surface area (Å²) in [6.45, 7) is 7.00.